The van der Waals surface area contributed by atoms with Crippen molar-refractivity contribution in [3.63, 3.8) is 0 Å². The smallest absolute Gasteiger partial charge is 0.318 e. The summed E-state index contributed by atoms with van der Waals surface area (Å²) in [5, 5.41) is 2.79. The highest BCUT2D eigenvalue weighted by atomic mass is 19.1. The Bertz CT molecular complexity index is 1390. The third kappa shape index (κ3) is 4.20. The van der Waals surface area contributed by atoms with Gasteiger partial charge in [0, 0.05) is 24.8 Å². The Morgan fingerprint density at radius 2 is 1.59 bits per heavy atom. The van der Waals surface area contributed by atoms with E-state index in [4.69, 9.17) is 0 Å². The number of rotatable bonds is 6. The van der Waals surface area contributed by atoms with Crippen molar-refractivity contribution in [1.29, 1.82) is 0 Å². The molecule has 2 aromatic heterocycles. The summed E-state index contributed by atoms with van der Waals surface area (Å²) in [4.78, 5) is 41.9. The van der Waals surface area contributed by atoms with Crippen LogP contribution in [0.4, 0.5) is 4.39 Å². The summed E-state index contributed by atoms with van der Waals surface area (Å²) >= 11 is 0. The molecule has 0 aliphatic carbocycles. The largest absolute Gasteiger partial charge is 0.348 e. The van der Waals surface area contributed by atoms with E-state index in [1.54, 1.807) is 61.7 Å². The molecule has 0 bridgehead atoms. The summed E-state index contributed by atoms with van der Waals surface area (Å²) in [6, 6.07) is 16.2. The van der Waals surface area contributed by atoms with Gasteiger partial charge in [-0.2, -0.15) is 0 Å². The number of nitrogens with zero attached hydrogens (tertiary/aromatic N) is 3. The molecule has 4 rings (SSSR count). The Hall–Kier alpha value is -4.07. The third-order valence-electron chi connectivity index (χ3n) is 5.23. The maximum atomic E-state index is 13.0. The van der Waals surface area contributed by atoms with Gasteiger partial charge >= 0.3 is 11.1 Å². The number of halogens is 1. The molecule has 4 aromatic rings. The zero-order valence-corrected chi connectivity index (χ0v) is 17.4. The minimum Gasteiger partial charge on any atom is -0.348 e. The van der Waals surface area contributed by atoms with Crippen LogP contribution in [0.5, 0.6) is 0 Å². The fraction of sp³-hybridized carbons (Fsp3) is 0.167. The van der Waals surface area contributed by atoms with Crippen LogP contribution in [0.1, 0.15) is 28.4 Å². The quantitative estimate of drug-likeness (QED) is 0.475. The highest BCUT2D eigenvalue weighted by Crippen LogP contribution is 2.12. The first-order valence-corrected chi connectivity index (χ1v) is 10.2. The number of carbonyl (C=O) groups excluding carboxylic acids is 1. The lowest BCUT2D eigenvalue weighted by Crippen LogP contribution is -2.41. The van der Waals surface area contributed by atoms with E-state index in [1.807, 2.05) is 0 Å². The molecule has 162 valence electrons. The summed E-state index contributed by atoms with van der Waals surface area (Å²) in [7, 11) is 0. The summed E-state index contributed by atoms with van der Waals surface area (Å²) in [5.74, 6) is -0.594. The van der Waals surface area contributed by atoms with Gasteiger partial charge in [0.05, 0.1) is 12.1 Å². The molecule has 32 heavy (non-hydrogen) atoms. The van der Waals surface area contributed by atoms with E-state index in [1.165, 1.54) is 21.3 Å². The summed E-state index contributed by atoms with van der Waals surface area (Å²) < 4.78 is 15.8. The number of benzene rings is 2. The fourth-order valence-electron chi connectivity index (χ4n) is 3.52. The van der Waals surface area contributed by atoms with Gasteiger partial charge in [-0.25, -0.2) is 9.37 Å². The summed E-state index contributed by atoms with van der Waals surface area (Å²) in [6.07, 6.45) is 1.59. The molecule has 0 radical (unpaired) electrons. The second-order valence-corrected chi connectivity index (χ2v) is 7.29. The van der Waals surface area contributed by atoms with E-state index < -0.39 is 11.1 Å². The van der Waals surface area contributed by atoms with Gasteiger partial charge in [-0.3, -0.25) is 23.5 Å². The summed E-state index contributed by atoms with van der Waals surface area (Å²) in [6.45, 7) is 2.60. The van der Waals surface area contributed by atoms with E-state index in [9.17, 15) is 18.8 Å². The molecule has 0 saturated heterocycles. The molecule has 1 amide bonds. The number of fused-ring (bicyclic) bond motifs is 1. The van der Waals surface area contributed by atoms with Gasteiger partial charge in [0.25, 0.3) is 5.91 Å². The molecular formula is C24H21FN4O3. The van der Waals surface area contributed by atoms with E-state index in [2.05, 4.69) is 10.3 Å². The predicted octanol–water partition coefficient (Wildman–Crippen LogP) is 2.70. The third-order valence-corrected chi connectivity index (χ3v) is 5.23. The second kappa shape index (κ2) is 8.97. The Morgan fingerprint density at radius 3 is 2.28 bits per heavy atom. The molecule has 0 atom stereocenters. The van der Waals surface area contributed by atoms with Crippen molar-refractivity contribution in [3.05, 3.63) is 110 Å². The zero-order chi connectivity index (χ0) is 22.7. The molecule has 0 saturated carbocycles. The number of amides is 1. The van der Waals surface area contributed by atoms with E-state index in [0.717, 1.165) is 11.1 Å². The predicted molar refractivity (Wildman–Crippen MR) is 119 cm³/mol. The molecular weight excluding hydrogens is 411 g/mol. The van der Waals surface area contributed by atoms with Crippen molar-refractivity contribution in [2.24, 2.45) is 0 Å². The van der Waals surface area contributed by atoms with Crippen LogP contribution in [0.25, 0.3) is 11.2 Å². The lowest BCUT2D eigenvalue weighted by Gasteiger charge is -2.13. The lowest BCUT2D eigenvalue weighted by atomic mass is 10.1. The fourth-order valence-corrected chi connectivity index (χ4v) is 3.52. The highest BCUT2D eigenvalue weighted by Gasteiger charge is 2.13. The number of hydrogen-bond acceptors (Lipinski definition) is 4. The lowest BCUT2D eigenvalue weighted by molar-refractivity contribution is 0.0951. The van der Waals surface area contributed by atoms with Crippen molar-refractivity contribution >= 4 is 17.1 Å². The molecule has 7 nitrogen and oxygen atoms in total. The van der Waals surface area contributed by atoms with Gasteiger partial charge in [0.15, 0.2) is 5.65 Å². The SMILES string of the molecule is CCn1c(=O)c(=O)n(Cc2ccc(C(=O)NCc3ccc(F)cc3)cc2)c2cccnc21. The first-order chi connectivity index (χ1) is 15.5. The first kappa shape index (κ1) is 21.2. The second-order valence-electron chi connectivity index (χ2n) is 7.29. The van der Waals surface area contributed by atoms with Gasteiger partial charge in [0.1, 0.15) is 5.82 Å². The van der Waals surface area contributed by atoms with E-state index in [0.29, 0.717) is 23.3 Å². The maximum absolute atomic E-state index is 13.0. The Balaban J connectivity index is 1.54. The number of aryl methyl sites for hydroxylation is 1. The molecule has 0 aliphatic rings. The number of hydrogen-bond donors (Lipinski definition) is 1. The van der Waals surface area contributed by atoms with Crippen molar-refractivity contribution in [3.8, 4) is 0 Å². The van der Waals surface area contributed by atoms with Gasteiger partial charge in [-0.15, -0.1) is 0 Å². The van der Waals surface area contributed by atoms with E-state index in [-0.39, 0.29) is 24.8 Å². The van der Waals surface area contributed by atoms with Crippen LogP contribution in [0.15, 0.2) is 76.4 Å². The van der Waals surface area contributed by atoms with Crippen LogP contribution in [0, 0.1) is 5.82 Å². The normalized spacial score (nSPS) is 10.9. The number of pyridine rings is 1. The number of aromatic nitrogens is 3. The Morgan fingerprint density at radius 1 is 0.938 bits per heavy atom. The number of nitrogens with one attached hydrogen (secondary N) is 1. The molecule has 0 spiro atoms. The highest BCUT2D eigenvalue weighted by molar-refractivity contribution is 5.94. The van der Waals surface area contributed by atoms with Crippen molar-refractivity contribution < 1.29 is 9.18 Å². The Labute approximate surface area is 182 Å². The van der Waals surface area contributed by atoms with Crippen LogP contribution in [-0.2, 0) is 19.6 Å². The van der Waals surface area contributed by atoms with E-state index >= 15 is 0 Å². The first-order valence-electron chi connectivity index (χ1n) is 10.2. The molecule has 0 unspecified atom stereocenters. The Kier molecular flexibility index (Phi) is 5.93. The summed E-state index contributed by atoms with van der Waals surface area (Å²) in [5.41, 5.74) is 1.80. The molecule has 0 aliphatic heterocycles. The molecule has 0 fully saturated rings. The minimum atomic E-state index is -0.617. The van der Waals surface area contributed by atoms with Crippen LogP contribution >= 0.6 is 0 Å². The zero-order valence-electron chi connectivity index (χ0n) is 17.4. The molecule has 8 heteroatoms. The number of carbonyl (C=O) groups is 1. The van der Waals surface area contributed by atoms with Crippen LogP contribution in [0.2, 0.25) is 0 Å². The topological polar surface area (TPSA) is 86.0 Å². The molecule has 1 N–H and O–H groups in total. The monoisotopic (exact) mass is 432 g/mol. The standard InChI is InChI=1S/C24H21FN4O3/c1-2-28-21-20(4-3-13-26-21)29(24(32)23(28)31)15-17-5-9-18(10-6-17)22(30)27-14-16-7-11-19(25)12-8-16/h3-13H,2,14-15H2,1H3,(H,27,30). The maximum Gasteiger partial charge on any atom is 0.318 e. The van der Waals surface area contributed by atoms with Gasteiger partial charge in [-0.1, -0.05) is 24.3 Å². The molecule has 2 aromatic carbocycles. The average Bonchev–Trinajstić information content (AvgIpc) is 2.82. The van der Waals surface area contributed by atoms with Gasteiger partial charge in [-0.05, 0) is 54.4 Å². The van der Waals surface area contributed by atoms with Crippen LogP contribution in [-0.4, -0.2) is 20.0 Å². The van der Waals surface area contributed by atoms with Crippen molar-refractivity contribution in [2.75, 3.05) is 0 Å². The molecule has 2 heterocycles. The van der Waals surface area contributed by atoms with Gasteiger partial charge in [0.2, 0.25) is 0 Å². The minimum absolute atomic E-state index is 0.179. The van der Waals surface area contributed by atoms with Gasteiger partial charge < -0.3 is 5.32 Å². The van der Waals surface area contributed by atoms with Crippen LogP contribution in [0.3, 0.4) is 0 Å². The van der Waals surface area contributed by atoms with Crippen LogP contribution < -0.4 is 16.4 Å². The van der Waals surface area contributed by atoms with Crippen molar-refractivity contribution in [2.45, 2.75) is 26.6 Å². The average molecular weight is 432 g/mol. The van der Waals surface area contributed by atoms with Crippen molar-refractivity contribution in [1.82, 2.24) is 19.4 Å².